The lowest BCUT2D eigenvalue weighted by molar-refractivity contribution is -0.120. The van der Waals surface area contributed by atoms with E-state index >= 15 is 0 Å². The summed E-state index contributed by atoms with van der Waals surface area (Å²) in [6.45, 7) is 0.386. The van der Waals surface area contributed by atoms with Crippen molar-refractivity contribution in [3.63, 3.8) is 0 Å². The van der Waals surface area contributed by atoms with Gasteiger partial charge < -0.3 is 4.74 Å². The predicted octanol–water partition coefficient (Wildman–Crippen LogP) is 3.51. The zero-order chi connectivity index (χ0) is 9.14. The maximum absolute atomic E-state index is 10.1. The first-order valence-corrected chi connectivity index (χ1v) is 5.28. The molecule has 0 saturated carbocycles. The first kappa shape index (κ1) is 10.2. The highest BCUT2D eigenvalue weighted by Crippen LogP contribution is 2.38. The van der Waals surface area contributed by atoms with Gasteiger partial charge in [-0.15, -0.1) is 0 Å². The minimum atomic E-state index is 0.386. The second-order valence-corrected chi connectivity index (χ2v) is 4.39. The zero-order valence-electron chi connectivity index (χ0n) is 5.68. The highest BCUT2D eigenvalue weighted by atomic mass is 79.9. The van der Waals surface area contributed by atoms with Crippen LogP contribution in [0.2, 0.25) is 0 Å². The Balaban J connectivity index is 3.22. The minimum absolute atomic E-state index is 0.386. The molecule has 1 aromatic carbocycles. The Morgan fingerprint density at radius 3 is 2.33 bits per heavy atom. The second-order valence-electron chi connectivity index (χ2n) is 1.89. The van der Waals surface area contributed by atoms with Crippen molar-refractivity contribution >= 4 is 54.3 Å². The molecule has 0 saturated heterocycles. The molecule has 5 heteroatoms. The molecule has 1 aromatic rings. The van der Waals surface area contributed by atoms with E-state index in [2.05, 4.69) is 47.8 Å². The smallest absolute Gasteiger partial charge is 0.298 e. The van der Waals surface area contributed by atoms with Gasteiger partial charge in [-0.3, -0.25) is 4.79 Å². The third kappa shape index (κ3) is 2.08. The monoisotopic (exact) mass is 356 g/mol. The van der Waals surface area contributed by atoms with E-state index in [0.29, 0.717) is 16.7 Å². The Labute approximate surface area is 94.7 Å². The Bertz CT molecular complexity index is 312. The van der Waals surface area contributed by atoms with Crippen LogP contribution in [0.1, 0.15) is 0 Å². The Morgan fingerprint density at radius 2 is 1.75 bits per heavy atom. The molecule has 0 aliphatic rings. The average Bonchev–Trinajstić information content (AvgIpc) is 2.06. The summed E-state index contributed by atoms with van der Waals surface area (Å²) in [5, 5.41) is 0. The lowest BCUT2D eigenvalue weighted by Crippen LogP contribution is -1.91. The van der Waals surface area contributed by atoms with Crippen LogP contribution in [0, 0.1) is 0 Å². The summed E-state index contributed by atoms with van der Waals surface area (Å²) >= 11 is 9.81. The van der Waals surface area contributed by atoms with E-state index < -0.39 is 0 Å². The molecule has 1 rings (SSSR count). The van der Waals surface area contributed by atoms with E-state index in [-0.39, 0.29) is 0 Å². The van der Waals surface area contributed by atoms with Crippen molar-refractivity contribution in [3.05, 3.63) is 25.6 Å². The second kappa shape index (κ2) is 4.39. The first-order valence-electron chi connectivity index (χ1n) is 2.90. The van der Waals surface area contributed by atoms with Crippen LogP contribution in [0.15, 0.2) is 25.6 Å². The van der Waals surface area contributed by atoms with Crippen LogP contribution >= 0.6 is 47.8 Å². The van der Waals surface area contributed by atoms with Crippen molar-refractivity contribution in [3.8, 4) is 5.75 Å². The molecule has 64 valence electrons. The molecular formula is C7H3Br3O2. The van der Waals surface area contributed by atoms with Crippen molar-refractivity contribution in [2.75, 3.05) is 0 Å². The number of rotatable bonds is 2. The normalized spacial score (nSPS) is 9.58. The summed E-state index contributed by atoms with van der Waals surface area (Å²) in [6, 6.07) is 3.62. The molecule has 0 aliphatic heterocycles. The van der Waals surface area contributed by atoms with E-state index in [4.69, 9.17) is 4.74 Å². The maximum atomic E-state index is 10.1. The number of carbonyl (C=O) groups excluding carboxylic acids is 1. The molecule has 0 bridgehead atoms. The number of benzene rings is 1. The molecule has 12 heavy (non-hydrogen) atoms. The van der Waals surface area contributed by atoms with Gasteiger partial charge in [0.05, 0.1) is 8.95 Å². The van der Waals surface area contributed by atoms with Crippen LogP contribution in [0.5, 0.6) is 5.75 Å². The van der Waals surface area contributed by atoms with E-state index in [1.807, 2.05) is 6.07 Å². The fourth-order valence-electron chi connectivity index (χ4n) is 0.665. The quantitative estimate of drug-likeness (QED) is 0.597. The van der Waals surface area contributed by atoms with Crippen molar-refractivity contribution in [1.82, 2.24) is 0 Å². The van der Waals surface area contributed by atoms with Gasteiger partial charge in [0.1, 0.15) is 0 Å². The number of hydrogen-bond acceptors (Lipinski definition) is 2. The van der Waals surface area contributed by atoms with Crippen LogP contribution in [-0.4, -0.2) is 6.47 Å². The summed E-state index contributed by atoms with van der Waals surface area (Å²) in [5.41, 5.74) is 0. The number of halogens is 3. The highest BCUT2D eigenvalue weighted by molar-refractivity contribution is 9.13. The molecule has 0 atom stereocenters. The molecule has 2 nitrogen and oxygen atoms in total. The summed E-state index contributed by atoms with van der Waals surface area (Å²) in [4.78, 5) is 10.1. The average molecular weight is 359 g/mol. The van der Waals surface area contributed by atoms with Crippen LogP contribution < -0.4 is 4.74 Å². The minimum Gasteiger partial charge on any atom is -0.426 e. The zero-order valence-corrected chi connectivity index (χ0v) is 10.4. The number of ether oxygens (including phenoxy) is 1. The molecule has 0 aliphatic carbocycles. The van der Waals surface area contributed by atoms with Crippen LogP contribution in [-0.2, 0) is 4.79 Å². The van der Waals surface area contributed by atoms with E-state index in [0.717, 1.165) is 8.95 Å². The molecule has 0 N–H and O–H groups in total. The van der Waals surface area contributed by atoms with Crippen LogP contribution in [0.4, 0.5) is 0 Å². The summed E-state index contributed by atoms with van der Waals surface area (Å²) in [7, 11) is 0. The van der Waals surface area contributed by atoms with Gasteiger partial charge in [0, 0.05) is 4.47 Å². The molecule has 0 fully saturated rings. The summed E-state index contributed by atoms with van der Waals surface area (Å²) in [5.74, 6) is 0.472. The van der Waals surface area contributed by atoms with Gasteiger partial charge in [-0.1, -0.05) is 0 Å². The Kier molecular flexibility index (Phi) is 3.74. The first-order chi connectivity index (χ1) is 5.66. The maximum Gasteiger partial charge on any atom is 0.298 e. The fourth-order valence-corrected chi connectivity index (χ4v) is 2.11. The van der Waals surface area contributed by atoms with Gasteiger partial charge >= 0.3 is 0 Å². The third-order valence-electron chi connectivity index (χ3n) is 1.17. The summed E-state index contributed by atoms with van der Waals surface area (Å²) in [6.07, 6.45) is 0. The number of carbonyl (C=O) groups is 1. The van der Waals surface area contributed by atoms with Crippen LogP contribution in [0.25, 0.3) is 0 Å². The molecule has 0 heterocycles. The van der Waals surface area contributed by atoms with E-state index in [1.165, 1.54) is 0 Å². The van der Waals surface area contributed by atoms with Gasteiger partial charge in [0.25, 0.3) is 6.47 Å². The lowest BCUT2D eigenvalue weighted by Gasteiger charge is -2.04. The predicted molar refractivity (Wildman–Crippen MR) is 56.2 cm³/mol. The topological polar surface area (TPSA) is 26.3 Å². The third-order valence-corrected chi connectivity index (χ3v) is 3.77. The van der Waals surface area contributed by atoms with Crippen molar-refractivity contribution < 1.29 is 9.53 Å². The van der Waals surface area contributed by atoms with Gasteiger partial charge in [-0.2, -0.15) is 0 Å². The van der Waals surface area contributed by atoms with Crippen molar-refractivity contribution in [2.24, 2.45) is 0 Å². The Hall–Kier alpha value is 0.130. The Morgan fingerprint density at radius 1 is 1.17 bits per heavy atom. The van der Waals surface area contributed by atoms with E-state index in [9.17, 15) is 4.79 Å². The molecule has 0 radical (unpaired) electrons. The summed E-state index contributed by atoms with van der Waals surface area (Å²) < 4.78 is 7.02. The van der Waals surface area contributed by atoms with Crippen molar-refractivity contribution in [1.29, 1.82) is 0 Å². The van der Waals surface area contributed by atoms with Crippen LogP contribution in [0.3, 0.4) is 0 Å². The van der Waals surface area contributed by atoms with Gasteiger partial charge in [-0.05, 0) is 59.9 Å². The van der Waals surface area contributed by atoms with Crippen molar-refractivity contribution in [2.45, 2.75) is 0 Å². The van der Waals surface area contributed by atoms with Gasteiger partial charge in [0.15, 0.2) is 5.75 Å². The highest BCUT2D eigenvalue weighted by Gasteiger charge is 2.08. The van der Waals surface area contributed by atoms with E-state index in [1.54, 1.807) is 6.07 Å². The fraction of sp³-hybridized carbons (Fsp3) is 0. The molecule has 0 unspecified atom stereocenters. The lowest BCUT2D eigenvalue weighted by atomic mass is 10.3. The largest absolute Gasteiger partial charge is 0.426 e. The molecule has 0 aromatic heterocycles. The molecule has 0 amide bonds. The van der Waals surface area contributed by atoms with Gasteiger partial charge in [-0.25, -0.2) is 0 Å². The van der Waals surface area contributed by atoms with Gasteiger partial charge in [0.2, 0.25) is 0 Å². The standard InChI is InChI=1S/C7H3Br3O2/c8-4-1-2-5(9)7(6(4)10)12-3-11/h1-3H. The number of hydrogen-bond donors (Lipinski definition) is 0. The molecule has 0 spiro atoms. The SMILES string of the molecule is O=COc1c(Br)ccc(Br)c1Br. The molecular weight excluding hydrogens is 356 g/mol.